The summed E-state index contributed by atoms with van der Waals surface area (Å²) in [5.41, 5.74) is 1.17. The Hall–Kier alpha value is -2.69. The van der Waals surface area contributed by atoms with Crippen molar-refractivity contribution in [1.29, 1.82) is 0 Å². The van der Waals surface area contributed by atoms with Crippen LogP contribution in [0.2, 0.25) is 10.0 Å². The minimum Gasteiger partial charge on any atom is -0.486 e. The van der Waals surface area contributed by atoms with Crippen molar-refractivity contribution < 1.29 is 27.5 Å². The summed E-state index contributed by atoms with van der Waals surface area (Å²) in [5.74, 6) is 0.607. The van der Waals surface area contributed by atoms with Crippen LogP contribution in [0.15, 0.2) is 36.4 Å². The normalized spacial score (nSPS) is 15.8. The molecule has 12 heteroatoms. The fraction of sp³-hybridized carbons (Fsp3) is 0.517. The molecule has 1 heterocycles. The second-order valence-corrected chi connectivity index (χ2v) is 13.2. The number of halogens is 2. The molecule has 2 aliphatic rings. The molecule has 0 saturated heterocycles. The summed E-state index contributed by atoms with van der Waals surface area (Å²) in [4.78, 5) is 28.6. The molecule has 0 bridgehead atoms. The summed E-state index contributed by atoms with van der Waals surface area (Å²) in [7, 11) is -3.65. The number of benzene rings is 2. The van der Waals surface area contributed by atoms with Gasteiger partial charge in [0.2, 0.25) is 21.8 Å². The van der Waals surface area contributed by atoms with E-state index in [-0.39, 0.29) is 43.8 Å². The maximum Gasteiger partial charge on any atom is 0.243 e. The minimum atomic E-state index is -3.65. The molecule has 1 N–H and O–H groups in total. The third kappa shape index (κ3) is 8.20. The highest BCUT2D eigenvalue weighted by Gasteiger charge is 2.31. The summed E-state index contributed by atoms with van der Waals surface area (Å²) < 4.78 is 37.8. The van der Waals surface area contributed by atoms with Gasteiger partial charge in [-0.15, -0.1) is 0 Å². The smallest absolute Gasteiger partial charge is 0.243 e. The fourth-order valence-electron chi connectivity index (χ4n) is 5.31. The highest BCUT2D eigenvalue weighted by molar-refractivity contribution is 7.92. The van der Waals surface area contributed by atoms with Gasteiger partial charge in [0, 0.05) is 31.6 Å². The van der Waals surface area contributed by atoms with Crippen molar-refractivity contribution in [2.24, 2.45) is 0 Å². The molecule has 0 aromatic heterocycles. The standard InChI is InChI=1S/C29H37Cl2N3O6S/c1-3-25(29(36)32-21-7-4-5-8-21)33(19-20-10-12-23(30)24(31)17-20)28(35)9-6-14-34(41(2,37)38)22-11-13-26-27(18-22)40-16-15-39-26/h10-13,17-18,21,25H,3-9,14-16,19H2,1-2H3,(H,32,36)/t25-/m1/s1. The Labute approximate surface area is 252 Å². The largest absolute Gasteiger partial charge is 0.486 e. The van der Waals surface area contributed by atoms with E-state index in [1.54, 1.807) is 41.3 Å². The molecule has 0 unspecified atom stereocenters. The number of amides is 2. The average molecular weight is 627 g/mol. The number of nitrogens with one attached hydrogen (secondary N) is 1. The molecule has 41 heavy (non-hydrogen) atoms. The van der Waals surface area contributed by atoms with Gasteiger partial charge in [-0.05, 0) is 55.5 Å². The molecule has 2 aromatic rings. The maximum atomic E-state index is 13.7. The molecule has 2 aromatic carbocycles. The number of rotatable bonds is 12. The number of carbonyl (C=O) groups excluding carboxylic acids is 2. The fourth-order valence-corrected chi connectivity index (χ4v) is 6.59. The molecule has 1 fully saturated rings. The second kappa shape index (κ2) is 14.0. The first kappa shape index (κ1) is 31.3. The molecule has 1 saturated carbocycles. The maximum absolute atomic E-state index is 13.7. The van der Waals surface area contributed by atoms with Crippen molar-refractivity contribution in [1.82, 2.24) is 10.2 Å². The van der Waals surface area contributed by atoms with E-state index < -0.39 is 16.1 Å². The first-order valence-electron chi connectivity index (χ1n) is 14.0. The van der Waals surface area contributed by atoms with Gasteiger partial charge in [-0.3, -0.25) is 13.9 Å². The van der Waals surface area contributed by atoms with Crippen molar-refractivity contribution in [2.75, 3.05) is 30.3 Å². The molecule has 1 atom stereocenters. The number of nitrogens with zero attached hydrogens (tertiary/aromatic N) is 2. The molecule has 9 nitrogen and oxygen atoms in total. The van der Waals surface area contributed by atoms with Crippen LogP contribution in [-0.2, 0) is 26.2 Å². The van der Waals surface area contributed by atoms with Crippen molar-refractivity contribution in [3.05, 3.63) is 52.0 Å². The molecule has 0 radical (unpaired) electrons. The Morgan fingerprint density at radius 1 is 1.02 bits per heavy atom. The van der Waals surface area contributed by atoms with Gasteiger partial charge in [-0.1, -0.05) is 49.0 Å². The zero-order valence-corrected chi connectivity index (χ0v) is 25.7. The Balaban J connectivity index is 1.50. The van der Waals surface area contributed by atoms with E-state index in [9.17, 15) is 18.0 Å². The number of sulfonamides is 1. The van der Waals surface area contributed by atoms with Crippen LogP contribution in [0.25, 0.3) is 0 Å². The van der Waals surface area contributed by atoms with Crippen LogP contribution in [0.1, 0.15) is 57.4 Å². The monoisotopic (exact) mass is 625 g/mol. The molecular weight excluding hydrogens is 589 g/mol. The van der Waals surface area contributed by atoms with Crippen LogP contribution in [-0.4, -0.2) is 63.2 Å². The average Bonchev–Trinajstić information content (AvgIpc) is 3.45. The van der Waals surface area contributed by atoms with Gasteiger partial charge in [0.25, 0.3) is 0 Å². The van der Waals surface area contributed by atoms with Crippen LogP contribution in [0, 0.1) is 0 Å². The molecule has 1 aliphatic heterocycles. The Morgan fingerprint density at radius 3 is 2.39 bits per heavy atom. The van der Waals surface area contributed by atoms with E-state index in [1.807, 2.05) is 6.92 Å². The van der Waals surface area contributed by atoms with E-state index in [0.717, 1.165) is 37.5 Å². The Kier molecular flexibility index (Phi) is 10.7. The molecular formula is C29H37Cl2N3O6S. The zero-order valence-electron chi connectivity index (χ0n) is 23.4. The zero-order chi connectivity index (χ0) is 29.6. The lowest BCUT2D eigenvalue weighted by molar-refractivity contribution is -0.141. The van der Waals surface area contributed by atoms with Gasteiger partial charge in [-0.25, -0.2) is 8.42 Å². The number of fused-ring (bicyclic) bond motifs is 1. The summed E-state index contributed by atoms with van der Waals surface area (Å²) in [6, 6.07) is 9.55. The molecule has 0 spiro atoms. The van der Waals surface area contributed by atoms with Crippen molar-refractivity contribution >= 4 is 50.7 Å². The van der Waals surface area contributed by atoms with Gasteiger partial charge < -0.3 is 19.7 Å². The van der Waals surface area contributed by atoms with Gasteiger partial charge >= 0.3 is 0 Å². The molecule has 1 aliphatic carbocycles. The third-order valence-corrected chi connectivity index (χ3v) is 9.32. The van der Waals surface area contributed by atoms with E-state index in [1.165, 1.54) is 4.31 Å². The lowest BCUT2D eigenvalue weighted by atomic mass is 10.1. The van der Waals surface area contributed by atoms with Gasteiger partial charge in [0.05, 0.1) is 22.0 Å². The predicted octanol–water partition coefficient (Wildman–Crippen LogP) is 5.18. The quantitative estimate of drug-likeness (QED) is 0.348. The highest BCUT2D eigenvalue weighted by Crippen LogP contribution is 2.35. The van der Waals surface area contributed by atoms with Crippen molar-refractivity contribution in [3.8, 4) is 11.5 Å². The van der Waals surface area contributed by atoms with Gasteiger partial charge in [0.15, 0.2) is 11.5 Å². The van der Waals surface area contributed by atoms with Crippen molar-refractivity contribution in [3.63, 3.8) is 0 Å². The topological polar surface area (TPSA) is 105 Å². The summed E-state index contributed by atoms with van der Waals surface area (Å²) in [6.07, 6.45) is 5.88. The second-order valence-electron chi connectivity index (χ2n) is 10.5. The van der Waals surface area contributed by atoms with E-state index in [0.29, 0.717) is 46.9 Å². The lowest BCUT2D eigenvalue weighted by Gasteiger charge is -2.32. The SMILES string of the molecule is CC[C@H](C(=O)NC1CCCC1)N(Cc1ccc(Cl)c(Cl)c1)C(=O)CCCN(c1ccc2c(c1)OCCO2)S(C)(=O)=O. The first-order chi connectivity index (χ1) is 19.6. The number of ether oxygens (including phenoxy) is 2. The number of anilines is 1. The van der Waals surface area contributed by atoms with Crippen LogP contribution in [0.5, 0.6) is 11.5 Å². The third-order valence-electron chi connectivity index (χ3n) is 7.39. The van der Waals surface area contributed by atoms with E-state index in [4.69, 9.17) is 32.7 Å². The Bertz CT molecular complexity index is 1350. The van der Waals surface area contributed by atoms with Crippen LogP contribution >= 0.6 is 23.2 Å². The number of carbonyl (C=O) groups is 2. The highest BCUT2D eigenvalue weighted by atomic mass is 35.5. The minimum absolute atomic E-state index is 0.0467. The Morgan fingerprint density at radius 2 is 1.73 bits per heavy atom. The summed E-state index contributed by atoms with van der Waals surface area (Å²) in [6.45, 7) is 2.94. The lowest BCUT2D eigenvalue weighted by Crippen LogP contribution is -2.51. The summed E-state index contributed by atoms with van der Waals surface area (Å²) in [5, 5.41) is 3.89. The van der Waals surface area contributed by atoms with E-state index in [2.05, 4.69) is 5.32 Å². The number of hydrogen-bond donors (Lipinski definition) is 1. The molecule has 2 amide bonds. The van der Waals surface area contributed by atoms with Crippen molar-refractivity contribution in [2.45, 2.75) is 70.5 Å². The van der Waals surface area contributed by atoms with Gasteiger partial charge in [0.1, 0.15) is 19.3 Å². The summed E-state index contributed by atoms with van der Waals surface area (Å²) >= 11 is 12.3. The number of hydrogen-bond acceptors (Lipinski definition) is 6. The predicted molar refractivity (Wildman–Crippen MR) is 160 cm³/mol. The van der Waals surface area contributed by atoms with Gasteiger partial charge in [-0.2, -0.15) is 0 Å². The van der Waals surface area contributed by atoms with Crippen LogP contribution in [0.4, 0.5) is 5.69 Å². The van der Waals surface area contributed by atoms with Crippen LogP contribution in [0.3, 0.4) is 0 Å². The first-order valence-corrected chi connectivity index (χ1v) is 16.6. The molecule has 224 valence electrons. The van der Waals surface area contributed by atoms with E-state index >= 15 is 0 Å². The molecule has 4 rings (SSSR count). The van der Waals surface area contributed by atoms with Crippen LogP contribution < -0.4 is 19.1 Å².